The summed E-state index contributed by atoms with van der Waals surface area (Å²) in [5.74, 6) is -0.641. The van der Waals surface area contributed by atoms with E-state index in [1.165, 1.54) is 0 Å². The maximum Gasteiger partial charge on any atom is 0.303 e. The number of hydrogen-bond donors (Lipinski definition) is 2. The zero-order valence-electron chi connectivity index (χ0n) is 9.72. The molecular weight excluding hydrogens is 246 g/mol. The molecule has 0 aromatic rings. The molecule has 2 N–H and O–H groups in total. The zero-order chi connectivity index (χ0) is 12.7. The Morgan fingerprint density at radius 1 is 1.35 bits per heavy atom. The van der Waals surface area contributed by atoms with Gasteiger partial charge in [0, 0.05) is 26.2 Å². The number of nitrogens with one attached hydrogen (secondary N) is 1. The Bertz CT molecular complexity index is 335. The summed E-state index contributed by atoms with van der Waals surface area (Å²) >= 11 is 0. The van der Waals surface area contributed by atoms with Crippen LogP contribution in [0.1, 0.15) is 25.7 Å². The number of carboxylic acids is 1. The van der Waals surface area contributed by atoms with Gasteiger partial charge >= 0.3 is 5.97 Å². The van der Waals surface area contributed by atoms with Gasteiger partial charge in [0.25, 0.3) is 0 Å². The van der Waals surface area contributed by atoms with Crippen molar-refractivity contribution in [3.8, 4) is 0 Å². The third kappa shape index (κ3) is 6.60. The topological polar surface area (TPSA) is 92.7 Å². The molecule has 17 heavy (non-hydrogen) atoms. The van der Waals surface area contributed by atoms with E-state index in [2.05, 4.69) is 4.72 Å². The summed E-state index contributed by atoms with van der Waals surface area (Å²) in [6.07, 6.45) is 1.86. The molecule has 0 radical (unpaired) electrons. The van der Waals surface area contributed by atoms with E-state index in [1.807, 2.05) is 0 Å². The highest BCUT2D eigenvalue weighted by Crippen LogP contribution is 2.16. The van der Waals surface area contributed by atoms with Crippen molar-refractivity contribution in [1.82, 2.24) is 4.72 Å². The molecule has 1 aliphatic rings. The standard InChI is InChI=1S/C10H19NO5S/c12-10(13)2-1-5-11-17(14,15)8-9-3-6-16-7-4-9/h9,11H,1-8H2,(H,12,13). The van der Waals surface area contributed by atoms with Gasteiger partial charge in [-0.05, 0) is 25.2 Å². The molecule has 6 nitrogen and oxygen atoms in total. The maximum absolute atomic E-state index is 11.6. The number of hydrogen-bond acceptors (Lipinski definition) is 4. The Labute approximate surface area is 101 Å². The van der Waals surface area contributed by atoms with Gasteiger partial charge in [-0.25, -0.2) is 13.1 Å². The Hall–Kier alpha value is -0.660. The van der Waals surface area contributed by atoms with Crippen molar-refractivity contribution in [3.63, 3.8) is 0 Å². The van der Waals surface area contributed by atoms with Crippen LogP contribution in [0, 0.1) is 5.92 Å². The number of carbonyl (C=O) groups is 1. The van der Waals surface area contributed by atoms with Crippen LogP contribution in [0.15, 0.2) is 0 Å². The number of aliphatic carboxylic acids is 1. The molecule has 1 aliphatic heterocycles. The van der Waals surface area contributed by atoms with Crippen molar-refractivity contribution in [2.75, 3.05) is 25.5 Å². The number of rotatable bonds is 7. The average Bonchev–Trinajstić information content (AvgIpc) is 2.25. The van der Waals surface area contributed by atoms with Crippen molar-refractivity contribution in [1.29, 1.82) is 0 Å². The smallest absolute Gasteiger partial charge is 0.303 e. The molecule has 0 unspecified atom stereocenters. The van der Waals surface area contributed by atoms with Crippen LogP contribution in [0.25, 0.3) is 0 Å². The molecule has 1 heterocycles. The molecule has 0 aromatic carbocycles. The van der Waals surface area contributed by atoms with E-state index in [1.54, 1.807) is 0 Å². The molecule has 0 spiro atoms. The van der Waals surface area contributed by atoms with Gasteiger partial charge in [-0.1, -0.05) is 0 Å². The van der Waals surface area contributed by atoms with Crippen LogP contribution in [0.2, 0.25) is 0 Å². The summed E-state index contributed by atoms with van der Waals surface area (Å²) < 4.78 is 30.9. The van der Waals surface area contributed by atoms with Crippen molar-refractivity contribution < 1.29 is 23.1 Å². The summed E-state index contributed by atoms with van der Waals surface area (Å²) in [4.78, 5) is 10.2. The van der Waals surface area contributed by atoms with Crippen LogP contribution in [0.5, 0.6) is 0 Å². The number of sulfonamides is 1. The molecule has 1 saturated heterocycles. The third-order valence-corrected chi connectivity index (χ3v) is 4.24. The van der Waals surface area contributed by atoms with Crippen molar-refractivity contribution in [3.05, 3.63) is 0 Å². The minimum Gasteiger partial charge on any atom is -0.481 e. The minimum absolute atomic E-state index is 0.0141. The van der Waals surface area contributed by atoms with Gasteiger partial charge in [0.15, 0.2) is 0 Å². The first kappa shape index (κ1) is 14.4. The Kier molecular flexibility index (Phi) is 5.87. The van der Waals surface area contributed by atoms with Crippen molar-refractivity contribution in [2.45, 2.75) is 25.7 Å². The van der Waals surface area contributed by atoms with Crippen molar-refractivity contribution >= 4 is 16.0 Å². The van der Waals surface area contributed by atoms with Gasteiger partial charge in [0.2, 0.25) is 10.0 Å². The van der Waals surface area contributed by atoms with Gasteiger partial charge in [-0.15, -0.1) is 0 Å². The number of carboxylic acid groups (broad SMARTS) is 1. The fourth-order valence-corrected chi connectivity index (χ4v) is 3.28. The summed E-state index contributed by atoms with van der Waals surface area (Å²) in [5, 5.41) is 8.41. The lowest BCUT2D eigenvalue weighted by Crippen LogP contribution is -2.33. The van der Waals surface area contributed by atoms with Crippen LogP contribution in [0.3, 0.4) is 0 Å². The highest BCUT2D eigenvalue weighted by Gasteiger charge is 2.21. The quantitative estimate of drug-likeness (QED) is 0.641. The van der Waals surface area contributed by atoms with Crippen LogP contribution in [-0.4, -0.2) is 45.0 Å². The van der Waals surface area contributed by atoms with Crippen molar-refractivity contribution in [2.24, 2.45) is 5.92 Å². The van der Waals surface area contributed by atoms with E-state index in [9.17, 15) is 13.2 Å². The molecule has 0 amide bonds. The second kappa shape index (κ2) is 6.93. The largest absolute Gasteiger partial charge is 0.481 e. The average molecular weight is 265 g/mol. The maximum atomic E-state index is 11.6. The van der Waals surface area contributed by atoms with E-state index in [4.69, 9.17) is 9.84 Å². The lowest BCUT2D eigenvalue weighted by atomic mass is 10.0. The van der Waals surface area contributed by atoms with Gasteiger partial charge in [0.05, 0.1) is 5.75 Å². The highest BCUT2D eigenvalue weighted by molar-refractivity contribution is 7.89. The van der Waals surface area contributed by atoms with Crippen LogP contribution in [0.4, 0.5) is 0 Å². The second-order valence-corrected chi connectivity index (χ2v) is 6.08. The SMILES string of the molecule is O=C(O)CCCNS(=O)(=O)CC1CCOCC1. The lowest BCUT2D eigenvalue weighted by Gasteiger charge is -2.21. The summed E-state index contributed by atoms with van der Waals surface area (Å²) in [5.41, 5.74) is 0. The van der Waals surface area contributed by atoms with Gasteiger partial charge in [0.1, 0.15) is 0 Å². The van der Waals surface area contributed by atoms with E-state index in [0.29, 0.717) is 19.6 Å². The van der Waals surface area contributed by atoms with Gasteiger partial charge < -0.3 is 9.84 Å². The van der Waals surface area contributed by atoms with E-state index >= 15 is 0 Å². The molecule has 100 valence electrons. The highest BCUT2D eigenvalue weighted by atomic mass is 32.2. The van der Waals surface area contributed by atoms with Crippen LogP contribution >= 0.6 is 0 Å². The molecule has 7 heteroatoms. The first-order valence-corrected chi connectivity index (χ1v) is 7.42. The van der Waals surface area contributed by atoms with Crippen LogP contribution < -0.4 is 4.72 Å². The predicted octanol–water partition coefficient (Wildman–Crippen LogP) is 0.197. The zero-order valence-corrected chi connectivity index (χ0v) is 10.5. The monoisotopic (exact) mass is 265 g/mol. The molecule has 1 rings (SSSR count). The van der Waals surface area contributed by atoms with E-state index < -0.39 is 16.0 Å². The molecule has 0 atom stereocenters. The van der Waals surface area contributed by atoms with E-state index in [-0.39, 0.29) is 24.6 Å². The molecule has 0 saturated carbocycles. The Balaban J connectivity index is 2.22. The van der Waals surface area contributed by atoms with Gasteiger partial charge in [-0.2, -0.15) is 0 Å². The molecule has 1 fully saturated rings. The molecular formula is C10H19NO5S. The fraction of sp³-hybridized carbons (Fsp3) is 0.900. The first-order valence-electron chi connectivity index (χ1n) is 5.76. The Morgan fingerprint density at radius 3 is 2.59 bits per heavy atom. The fourth-order valence-electron chi connectivity index (χ4n) is 1.75. The van der Waals surface area contributed by atoms with Crippen LogP contribution in [-0.2, 0) is 19.6 Å². The molecule has 0 bridgehead atoms. The lowest BCUT2D eigenvalue weighted by molar-refractivity contribution is -0.137. The molecule has 0 aliphatic carbocycles. The minimum atomic E-state index is -3.28. The molecule has 0 aromatic heterocycles. The number of ether oxygens (including phenoxy) is 1. The summed E-state index contributed by atoms with van der Waals surface area (Å²) in [6.45, 7) is 1.44. The van der Waals surface area contributed by atoms with E-state index in [0.717, 1.165) is 12.8 Å². The summed E-state index contributed by atoms with van der Waals surface area (Å²) in [6, 6.07) is 0. The summed E-state index contributed by atoms with van der Waals surface area (Å²) in [7, 11) is -3.28. The normalized spacial score (nSPS) is 18.1. The Morgan fingerprint density at radius 2 is 2.00 bits per heavy atom. The predicted molar refractivity (Wildman–Crippen MR) is 62.2 cm³/mol. The first-order chi connectivity index (χ1) is 7.99. The third-order valence-electron chi connectivity index (χ3n) is 2.69. The second-order valence-electron chi connectivity index (χ2n) is 4.23. The van der Waals surface area contributed by atoms with Gasteiger partial charge in [-0.3, -0.25) is 4.79 Å².